The summed E-state index contributed by atoms with van der Waals surface area (Å²) in [5.74, 6) is 0.732. The second-order valence-electron chi connectivity index (χ2n) is 8.86. The molecule has 33 heavy (non-hydrogen) atoms. The molecule has 0 spiro atoms. The average Bonchev–Trinajstić information content (AvgIpc) is 3.43. The number of nitrogen functional groups attached to an aromatic ring is 1. The normalized spacial score (nSPS) is 16.9. The van der Waals surface area contributed by atoms with E-state index in [1.54, 1.807) is 19.3 Å². The maximum atomic E-state index is 8.80. The molecule has 1 fully saturated rings. The zero-order valence-corrected chi connectivity index (χ0v) is 19.3. The molecule has 3 aromatic rings. The molecule has 0 radical (unpaired) electrons. The van der Waals surface area contributed by atoms with Crippen LogP contribution in [0.3, 0.4) is 0 Å². The van der Waals surface area contributed by atoms with Crippen molar-refractivity contribution in [1.82, 2.24) is 20.5 Å². The molecule has 0 amide bonds. The summed E-state index contributed by atoms with van der Waals surface area (Å²) < 4.78 is 0. The highest BCUT2D eigenvalue weighted by Gasteiger charge is 2.18. The van der Waals surface area contributed by atoms with Gasteiger partial charge in [0, 0.05) is 60.3 Å². The number of likely N-dealkylation sites (tertiary alicyclic amines) is 1. The van der Waals surface area contributed by atoms with E-state index in [0.29, 0.717) is 17.0 Å². The van der Waals surface area contributed by atoms with E-state index in [4.69, 9.17) is 16.6 Å². The number of nitrogens with two attached hydrogens (primary N) is 1. The van der Waals surface area contributed by atoms with E-state index in [9.17, 15) is 0 Å². The summed E-state index contributed by atoms with van der Waals surface area (Å²) in [6.45, 7) is 4.25. The standard InChI is InChI=1S/C26H33N7/c1-30-15-21(12-27)19-4-5-23(28)22(10-19)26(29)25-11-20-9-17(3-6-24(20)32-25)13-31-14-18-7-8-33(2)16-18/h3-6,9-12,15,18,27,29-32H,7-8,13-14,16,28H2,1-2H3/b21-15+,27-12?,29-26?. The van der Waals surface area contributed by atoms with Crippen LogP contribution in [-0.4, -0.2) is 55.5 Å². The van der Waals surface area contributed by atoms with Crippen LogP contribution in [0.5, 0.6) is 0 Å². The van der Waals surface area contributed by atoms with Crippen LogP contribution in [0, 0.1) is 16.7 Å². The lowest BCUT2D eigenvalue weighted by Gasteiger charge is -2.11. The minimum atomic E-state index is 0.337. The molecule has 1 aromatic heterocycles. The minimum Gasteiger partial charge on any atom is -0.398 e. The zero-order valence-electron chi connectivity index (χ0n) is 19.3. The predicted octanol–water partition coefficient (Wildman–Crippen LogP) is 3.42. The smallest absolute Gasteiger partial charge is 0.0868 e. The first-order valence-electron chi connectivity index (χ1n) is 11.4. The van der Waals surface area contributed by atoms with Gasteiger partial charge in [-0.15, -0.1) is 0 Å². The van der Waals surface area contributed by atoms with Crippen molar-refractivity contribution < 1.29 is 0 Å². The maximum absolute atomic E-state index is 8.80. The summed E-state index contributed by atoms with van der Waals surface area (Å²) in [5, 5.41) is 24.1. The van der Waals surface area contributed by atoms with Gasteiger partial charge >= 0.3 is 0 Å². The van der Waals surface area contributed by atoms with E-state index < -0.39 is 0 Å². The Hall–Kier alpha value is -3.42. The van der Waals surface area contributed by atoms with Crippen molar-refractivity contribution in [2.45, 2.75) is 13.0 Å². The van der Waals surface area contributed by atoms with Crippen LogP contribution in [-0.2, 0) is 6.54 Å². The number of H-pyrrole nitrogens is 1. The fraction of sp³-hybridized carbons (Fsp3) is 0.308. The Bertz CT molecular complexity index is 1190. The maximum Gasteiger partial charge on any atom is 0.0868 e. The highest BCUT2D eigenvalue weighted by Crippen LogP contribution is 2.24. The first kappa shape index (κ1) is 22.8. The van der Waals surface area contributed by atoms with Crippen LogP contribution in [0.1, 0.15) is 28.8 Å². The summed E-state index contributed by atoms with van der Waals surface area (Å²) in [5.41, 5.74) is 12.3. The molecule has 0 saturated carbocycles. The monoisotopic (exact) mass is 443 g/mol. The Balaban J connectivity index is 1.51. The number of hydrogen-bond acceptors (Lipinski definition) is 6. The van der Waals surface area contributed by atoms with Crippen LogP contribution in [0.25, 0.3) is 16.5 Å². The van der Waals surface area contributed by atoms with E-state index in [1.165, 1.54) is 31.3 Å². The van der Waals surface area contributed by atoms with Gasteiger partial charge in [0.25, 0.3) is 0 Å². The Kier molecular flexibility index (Phi) is 6.91. The van der Waals surface area contributed by atoms with Crippen LogP contribution in [0.15, 0.2) is 48.7 Å². The lowest BCUT2D eigenvalue weighted by molar-refractivity contribution is 0.388. The molecule has 0 aliphatic carbocycles. The molecule has 1 saturated heterocycles. The molecular formula is C26H33N7. The van der Waals surface area contributed by atoms with Crippen LogP contribution < -0.4 is 16.4 Å². The summed E-state index contributed by atoms with van der Waals surface area (Å²) >= 11 is 0. The predicted molar refractivity (Wildman–Crippen MR) is 138 cm³/mol. The Morgan fingerprint density at radius 1 is 1.24 bits per heavy atom. The van der Waals surface area contributed by atoms with Gasteiger partial charge in [-0.1, -0.05) is 12.1 Å². The second kappa shape index (κ2) is 10.0. The number of nitrogens with zero attached hydrogens (tertiary/aromatic N) is 1. The van der Waals surface area contributed by atoms with Crippen LogP contribution in [0.2, 0.25) is 0 Å². The van der Waals surface area contributed by atoms with Crippen molar-refractivity contribution >= 4 is 34.1 Å². The van der Waals surface area contributed by atoms with E-state index in [-0.39, 0.29) is 0 Å². The quantitative estimate of drug-likeness (QED) is 0.224. The molecule has 0 bridgehead atoms. The molecule has 1 aliphatic rings. The number of anilines is 1. The van der Waals surface area contributed by atoms with Crippen molar-refractivity contribution in [2.75, 3.05) is 39.5 Å². The van der Waals surface area contributed by atoms with Gasteiger partial charge < -0.3 is 31.7 Å². The number of benzene rings is 2. The Labute approximate surface area is 195 Å². The van der Waals surface area contributed by atoms with E-state index in [1.807, 2.05) is 18.2 Å². The Morgan fingerprint density at radius 2 is 2.09 bits per heavy atom. The van der Waals surface area contributed by atoms with Gasteiger partial charge in [0.15, 0.2) is 0 Å². The molecule has 7 heteroatoms. The van der Waals surface area contributed by atoms with Crippen LogP contribution in [0.4, 0.5) is 5.69 Å². The third kappa shape index (κ3) is 5.16. The fourth-order valence-corrected chi connectivity index (χ4v) is 4.50. The molecule has 2 aromatic carbocycles. The lowest BCUT2D eigenvalue weighted by atomic mass is 9.99. The highest BCUT2D eigenvalue weighted by atomic mass is 15.1. The van der Waals surface area contributed by atoms with Crippen molar-refractivity contribution in [3.63, 3.8) is 0 Å². The third-order valence-electron chi connectivity index (χ3n) is 6.32. The molecule has 2 heterocycles. The van der Waals surface area contributed by atoms with Crippen molar-refractivity contribution in [3.05, 3.63) is 71.0 Å². The topological polar surface area (TPSA) is 117 Å². The van der Waals surface area contributed by atoms with Crippen molar-refractivity contribution in [3.8, 4) is 0 Å². The van der Waals surface area contributed by atoms with Gasteiger partial charge in [-0.3, -0.25) is 5.41 Å². The summed E-state index contributed by atoms with van der Waals surface area (Å²) in [6.07, 6.45) is 4.32. The number of aromatic amines is 1. The first-order valence-corrected chi connectivity index (χ1v) is 11.4. The largest absolute Gasteiger partial charge is 0.398 e. The molecule has 1 atom stereocenters. The van der Waals surface area contributed by atoms with Crippen LogP contribution >= 0.6 is 0 Å². The molecule has 4 rings (SSSR count). The van der Waals surface area contributed by atoms with Crippen molar-refractivity contribution in [1.29, 1.82) is 10.8 Å². The fourth-order valence-electron chi connectivity index (χ4n) is 4.50. The van der Waals surface area contributed by atoms with Gasteiger partial charge in [0.05, 0.1) is 11.4 Å². The minimum absolute atomic E-state index is 0.337. The number of rotatable bonds is 9. The van der Waals surface area contributed by atoms with E-state index in [2.05, 4.69) is 45.8 Å². The zero-order chi connectivity index (χ0) is 23.4. The summed E-state index contributed by atoms with van der Waals surface area (Å²) in [7, 11) is 3.98. The van der Waals surface area contributed by atoms with Crippen molar-refractivity contribution in [2.24, 2.45) is 5.92 Å². The number of fused-ring (bicyclic) bond motifs is 1. The van der Waals surface area contributed by atoms with E-state index in [0.717, 1.165) is 46.7 Å². The molecule has 1 aliphatic heterocycles. The highest BCUT2D eigenvalue weighted by molar-refractivity contribution is 6.16. The number of hydrogen-bond donors (Lipinski definition) is 6. The number of nitrogens with one attached hydrogen (secondary N) is 5. The number of allylic oxidation sites excluding steroid dienone is 1. The first-order chi connectivity index (χ1) is 16.0. The average molecular weight is 444 g/mol. The van der Waals surface area contributed by atoms with Gasteiger partial charge in [-0.25, -0.2) is 0 Å². The molecule has 172 valence electrons. The summed E-state index contributed by atoms with van der Waals surface area (Å²) in [4.78, 5) is 5.75. The molecule has 7 nitrogen and oxygen atoms in total. The molecular weight excluding hydrogens is 410 g/mol. The second-order valence-corrected chi connectivity index (χ2v) is 8.86. The van der Waals surface area contributed by atoms with Gasteiger partial charge in [-0.05, 0) is 73.9 Å². The molecule has 7 N–H and O–H groups in total. The lowest BCUT2D eigenvalue weighted by Crippen LogP contribution is -2.24. The number of aromatic nitrogens is 1. The van der Waals surface area contributed by atoms with Gasteiger partial charge in [-0.2, -0.15) is 0 Å². The SMILES string of the molecule is CN/C=C(\C=N)c1ccc(N)c(C(=N)c2cc3cc(CNCC4CCN(C)C4)ccc3[nH]2)c1. The summed E-state index contributed by atoms with van der Waals surface area (Å²) in [6, 6.07) is 13.9. The van der Waals surface area contributed by atoms with Gasteiger partial charge in [0.1, 0.15) is 0 Å². The third-order valence-corrected chi connectivity index (χ3v) is 6.32. The van der Waals surface area contributed by atoms with E-state index >= 15 is 0 Å². The van der Waals surface area contributed by atoms with Gasteiger partial charge in [0.2, 0.25) is 0 Å². The Morgan fingerprint density at radius 3 is 2.82 bits per heavy atom. The molecule has 1 unspecified atom stereocenters.